The number of rotatable bonds is 1. The Bertz CT molecular complexity index is 642. The minimum atomic E-state index is -0.484. The van der Waals surface area contributed by atoms with E-state index in [4.69, 9.17) is 4.74 Å². The van der Waals surface area contributed by atoms with Crippen LogP contribution in [0.1, 0.15) is 59.3 Å². The molecule has 1 N–H and O–H groups in total. The van der Waals surface area contributed by atoms with Crippen LogP contribution in [0.25, 0.3) is 0 Å². The van der Waals surface area contributed by atoms with E-state index in [2.05, 4.69) is 6.92 Å². The lowest BCUT2D eigenvalue weighted by atomic mass is 9.81. The Morgan fingerprint density at radius 3 is 2.69 bits per heavy atom. The normalized spacial score (nSPS) is 43.2. The van der Waals surface area contributed by atoms with E-state index < -0.39 is 6.10 Å². The van der Waals surface area contributed by atoms with Gasteiger partial charge in [-0.3, -0.25) is 9.59 Å². The zero-order valence-electron chi connectivity index (χ0n) is 16.1. The number of aliphatic hydroxyl groups excluding tert-OH is 1. The van der Waals surface area contributed by atoms with Crippen molar-refractivity contribution in [3.8, 4) is 0 Å². The zero-order valence-corrected chi connectivity index (χ0v) is 16.1. The third-order valence-corrected chi connectivity index (χ3v) is 7.28. The fourth-order valence-corrected chi connectivity index (χ4v) is 5.94. The van der Waals surface area contributed by atoms with Crippen molar-refractivity contribution in [3.63, 3.8) is 0 Å². The Morgan fingerprint density at radius 2 is 1.96 bits per heavy atom. The summed E-state index contributed by atoms with van der Waals surface area (Å²) in [6.07, 6.45) is 4.76. The molecule has 5 heteroatoms. The van der Waals surface area contributed by atoms with Gasteiger partial charge < -0.3 is 14.7 Å². The lowest BCUT2D eigenvalue weighted by molar-refractivity contribution is -0.148. The molecular formula is C21H31NO4. The van der Waals surface area contributed by atoms with Crippen LogP contribution in [0.3, 0.4) is 0 Å². The van der Waals surface area contributed by atoms with Crippen molar-refractivity contribution in [1.29, 1.82) is 0 Å². The number of amides is 1. The van der Waals surface area contributed by atoms with Crippen LogP contribution in [0.5, 0.6) is 0 Å². The van der Waals surface area contributed by atoms with Gasteiger partial charge in [0.05, 0.1) is 18.1 Å². The van der Waals surface area contributed by atoms with E-state index >= 15 is 0 Å². The van der Waals surface area contributed by atoms with Crippen LogP contribution >= 0.6 is 0 Å². The number of carbonyl (C=O) groups excluding carboxylic acids is 2. The Kier molecular flexibility index (Phi) is 4.62. The minimum Gasteiger partial charge on any atom is -0.461 e. The molecule has 7 atom stereocenters. The summed E-state index contributed by atoms with van der Waals surface area (Å²) in [6, 6.07) is -0.152. The van der Waals surface area contributed by atoms with E-state index in [1.165, 1.54) is 11.1 Å². The molecule has 5 nitrogen and oxygen atoms in total. The smallest absolute Gasteiger partial charge is 0.309 e. The van der Waals surface area contributed by atoms with Gasteiger partial charge in [-0.1, -0.05) is 31.9 Å². The highest BCUT2D eigenvalue weighted by Crippen LogP contribution is 2.52. The molecule has 26 heavy (non-hydrogen) atoms. The molecule has 4 aliphatic rings. The van der Waals surface area contributed by atoms with Crippen LogP contribution in [0, 0.1) is 23.7 Å². The first-order valence-corrected chi connectivity index (χ1v) is 10.3. The largest absolute Gasteiger partial charge is 0.461 e. The molecule has 0 radical (unpaired) electrons. The number of esters is 1. The highest BCUT2D eigenvalue weighted by molar-refractivity contribution is 5.80. The fourth-order valence-electron chi connectivity index (χ4n) is 5.94. The van der Waals surface area contributed by atoms with Crippen molar-refractivity contribution in [2.75, 3.05) is 6.54 Å². The van der Waals surface area contributed by atoms with Crippen LogP contribution in [-0.2, 0) is 14.3 Å². The number of hydrogen-bond donors (Lipinski definition) is 1. The molecule has 1 amide bonds. The van der Waals surface area contributed by atoms with Gasteiger partial charge in [0, 0.05) is 24.3 Å². The third kappa shape index (κ3) is 2.62. The number of nitrogens with zero attached hydrogens (tertiary/aromatic N) is 1. The summed E-state index contributed by atoms with van der Waals surface area (Å²) < 4.78 is 5.78. The zero-order chi connectivity index (χ0) is 18.6. The monoisotopic (exact) mass is 361 g/mol. The van der Waals surface area contributed by atoms with Crippen molar-refractivity contribution in [2.45, 2.75) is 77.5 Å². The predicted molar refractivity (Wildman–Crippen MR) is 97.1 cm³/mol. The third-order valence-electron chi connectivity index (χ3n) is 7.28. The Morgan fingerprint density at radius 1 is 1.19 bits per heavy atom. The number of fused-ring (bicyclic) bond motifs is 3. The van der Waals surface area contributed by atoms with Crippen LogP contribution in [0.15, 0.2) is 11.1 Å². The molecule has 1 aliphatic carbocycles. The first-order valence-electron chi connectivity index (χ1n) is 10.3. The maximum atomic E-state index is 12.8. The highest BCUT2D eigenvalue weighted by atomic mass is 16.6. The van der Waals surface area contributed by atoms with Gasteiger partial charge in [0.15, 0.2) is 0 Å². The molecule has 0 saturated carbocycles. The molecule has 0 bridgehead atoms. The summed E-state index contributed by atoms with van der Waals surface area (Å²) in [5.41, 5.74) is 2.78. The van der Waals surface area contributed by atoms with Gasteiger partial charge in [-0.25, -0.2) is 0 Å². The standard InChI is InChI=1S/C21H31NO4/c1-4-13-14-7-5-6-8-22-16(17(23)9-11(2)20(22)24)10-15(14)18-12(3)21(25)26-19(13)18/h11-13,16-19,23H,4-10H2,1-3H3. The lowest BCUT2D eigenvalue weighted by Crippen LogP contribution is -2.54. The minimum absolute atomic E-state index is 0.0317. The van der Waals surface area contributed by atoms with E-state index in [-0.39, 0.29) is 41.8 Å². The SMILES string of the molecule is CCC1C2=C(CC3C(O)CC(C)C(=O)N3CCCC2)C2C(C)C(=O)OC12. The Balaban J connectivity index is 1.72. The van der Waals surface area contributed by atoms with Crippen molar-refractivity contribution >= 4 is 11.9 Å². The molecule has 0 aromatic carbocycles. The van der Waals surface area contributed by atoms with Gasteiger partial charge >= 0.3 is 5.97 Å². The maximum absolute atomic E-state index is 12.8. The number of aliphatic hydroxyl groups is 1. The molecule has 7 unspecified atom stereocenters. The van der Waals surface area contributed by atoms with Crippen molar-refractivity contribution in [2.24, 2.45) is 23.7 Å². The number of hydrogen-bond acceptors (Lipinski definition) is 4. The van der Waals surface area contributed by atoms with Crippen LogP contribution in [0.2, 0.25) is 0 Å². The molecule has 2 fully saturated rings. The molecule has 0 aromatic heterocycles. The van der Waals surface area contributed by atoms with E-state index in [0.717, 1.165) is 32.2 Å². The van der Waals surface area contributed by atoms with Crippen molar-refractivity contribution in [1.82, 2.24) is 4.90 Å². The number of carbonyl (C=O) groups is 2. The molecule has 3 aliphatic heterocycles. The second-order valence-corrected chi connectivity index (χ2v) is 8.75. The van der Waals surface area contributed by atoms with E-state index in [1.807, 2.05) is 18.7 Å². The molecule has 0 spiro atoms. The van der Waals surface area contributed by atoms with E-state index in [9.17, 15) is 14.7 Å². The van der Waals surface area contributed by atoms with Gasteiger partial charge in [-0.15, -0.1) is 0 Å². The van der Waals surface area contributed by atoms with Crippen LogP contribution in [0.4, 0.5) is 0 Å². The summed E-state index contributed by atoms with van der Waals surface area (Å²) in [5.74, 6) is 0.305. The van der Waals surface area contributed by atoms with E-state index in [0.29, 0.717) is 18.8 Å². The quantitative estimate of drug-likeness (QED) is 0.576. The number of piperidine rings is 1. The summed E-state index contributed by atoms with van der Waals surface area (Å²) >= 11 is 0. The second-order valence-electron chi connectivity index (χ2n) is 8.75. The van der Waals surface area contributed by atoms with Gasteiger partial charge in [-0.2, -0.15) is 0 Å². The van der Waals surface area contributed by atoms with Gasteiger partial charge in [-0.05, 0) is 38.5 Å². The Labute approximate surface area is 155 Å². The first kappa shape index (κ1) is 18.0. The maximum Gasteiger partial charge on any atom is 0.309 e. The molecule has 4 rings (SSSR count). The number of ether oxygens (including phenoxy) is 1. The van der Waals surface area contributed by atoms with E-state index in [1.54, 1.807) is 0 Å². The first-order chi connectivity index (χ1) is 12.4. The molecular weight excluding hydrogens is 330 g/mol. The van der Waals surface area contributed by atoms with Crippen LogP contribution < -0.4 is 0 Å². The predicted octanol–water partition coefficient (Wildman–Crippen LogP) is 2.67. The molecule has 144 valence electrons. The molecule has 2 saturated heterocycles. The summed E-state index contributed by atoms with van der Waals surface area (Å²) in [4.78, 5) is 26.9. The lowest BCUT2D eigenvalue weighted by Gasteiger charge is -2.42. The Hall–Kier alpha value is -1.36. The van der Waals surface area contributed by atoms with Gasteiger partial charge in [0.2, 0.25) is 5.91 Å². The topological polar surface area (TPSA) is 66.8 Å². The highest BCUT2D eigenvalue weighted by Gasteiger charge is 2.54. The van der Waals surface area contributed by atoms with Crippen molar-refractivity contribution < 1.29 is 19.4 Å². The second kappa shape index (κ2) is 6.66. The molecule has 0 aromatic rings. The van der Waals surface area contributed by atoms with Crippen molar-refractivity contribution in [3.05, 3.63) is 11.1 Å². The summed E-state index contributed by atoms with van der Waals surface area (Å²) in [6.45, 7) is 6.81. The van der Waals surface area contributed by atoms with Gasteiger partial charge in [0.25, 0.3) is 0 Å². The average Bonchev–Trinajstić information content (AvgIpc) is 3.07. The van der Waals surface area contributed by atoms with Gasteiger partial charge in [0.1, 0.15) is 6.10 Å². The van der Waals surface area contributed by atoms with Crippen LogP contribution in [-0.4, -0.2) is 46.7 Å². The summed E-state index contributed by atoms with van der Waals surface area (Å²) in [7, 11) is 0. The molecule has 3 heterocycles. The fraction of sp³-hybridized carbons (Fsp3) is 0.810. The summed E-state index contributed by atoms with van der Waals surface area (Å²) in [5, 5.41) is 10.8. The average molecular weight is 361 g/mol.